The zero-order valence-corrected chi connectivity index (χ0v) is 39.2. The SMILES string of the molecule is C.C.Cc1nc(-c2ccc(C)c(NC(=O)c3cnc4ccc(-c5nc(C)c(C(=O)O)s5)cn34)c2)no1.Cc1nc(-c2ccc(C)c(NC(=O)c3cnc4ccc(-c5nc(C)c(C(N)=O)s5)cn34)c2)no1.N. The molecule has 0 bridgehead atoms. The highest BCUT2D eigenvalue weighted by Crippen LogP contribution is 2.31. The number of carbonyl (C=O) groups is 4. The molecule has 364 valence electrons. The van der Waals surface area contributed by atoms with Gasteiger partial charge in [-0.15, -0.1) is 22.7 Å². The van der Waals surface area contributed by atoms with Crippen LogP contribution in [0.4, 0.5) is 11.4 Å². The monoisotopic (exact) mass is 996 g/mol. The van der Waals surface area contributed by atoms with Crippen molar-refractivity contribution in [3.05, 3.63) is 141 Å². The van der Waals surface area contributed by atoms with Gasteiger partial charge >= 0.3 is 5.97 Å². The molecule has 0 radical (unpaired) electrons. The lowest BCUT2D eigenvalue weighted by Gasteiger charge is -2.10. The number of thiazole rings is 2. The molecule has 0 aliphatic heterocycles. The average Bonchev–Trinajstić information content (AvgIpc) is 4.18. The van der Waals surface area contributed by atoms with E-state index in [2.05, 4.69) is 50.9 Å². The van der Waals surface area contributed by atoms with Crippen LogP contribution in [0.15, 0.2) is 94.5 Å². The summed E-state index contributed by atoms with van der Waals surface area (Å²) in [6.07, 6.45) is 6.50. The summed E-state index contributed by atoms with van der Waals surface area (Å²) in [5.74, 6) is -0.418. The number of aromatic nitrogens is 10. The summed E-state index contributed by atoms with van der Waals surface area (Å²) in [5, 5.41) is 24.3. The smallest absolute Gasteiger partial charge is 0.347 e. The van der Waals surface area contributed by atoms with E-state index in [4.69, 9.17) is 14.8 Å². The van der Waals surface area contributed by atoms with Gasteiger partial charge in [0.05, 0.1) is 23.8 Å². The van der Waals surface area contributed by atoms with Crippen LogP contribution in [0.3, 0.4) is 0 Å². The van der Waals surface area contributed by atoms with Gasteiger partial charge in [-0.05, 0) is 75.2 Å². The van der Waals surface area contributed by atoms with Crippen LogP contribution < -0.4 is 22.5 Å². The lowest BCUT2D eigenvalue weighted by atomic mass is 10.1. The Balaban J connectivity index is 0.000000223. The summed E-state index contributed by atoms with van der Waals surface area (Å²) in [5.41, 5.74) is 14.1. The topological polar surface area (TPSA) is 312 Å². The fourth-order valence-corrected chi connectivity index (χ4v) is 8.82. The van der Waals surface area contributed by atoms with Crippen molar-refractivity contribution in [1.82, 2.24) is 55.2 Å². The predicted molar refractivity (Wildman–Crippen MR) is 270 cm³/mol. The van der Waals surface area contributed by atoms with Gasteiger partial charge in [-0.3, -0.25) is 23.2 Å². The van der Waals surface area contributed by atoms with Crippen molar-refractivity contribution >= 4 is 69.0 Å². The lowest BCUT2D eigenvalue weighted by molar-refractivity contribution is 0.0700. The quantitative estimate of drug-likeness (QED) is 0.0851. The van der Waals surface area contributed by atoms with E-state index >= 15 is 0 Å². The molecule has 10 aromatic rings. The number of primary amides is 1. The third-order valence-corrected chi connectivity index (χ3v) is 12.9. The second-order valence-corrected chi connectivity index (χ2v) is 17.4. The molecule has 23 heteroatoms. The summed E-state index contributed by atoms with van der Waals surface area (Å²) in [7, 11) is 0. The fourth-order valence-electron chi connectivity index (χ4n) is 7.01. The Labute approximate surface area is 413 Å². The van der Waals surface area contributed by atoms with Gasteiger partial charge in [0.15, 0.2) is 0 Å². The number of rotatable bonds is 10. The molecule has 8 N–H and O–H groups in total. The molecule has 8 aromatic heterocycles. The standard InChI is InChI=1S/C23H19N7O3S.C23H18N6O4S.2CH4.H3N/c1-11-4-5-14(21-27-13(3)33-29-21)8-16(11)28-22(32)17-9-25-18-7-6-15(10-30(17)18)23-26-12(2)19(34-23)20(24)31;1-11-4-5-14(20-26-13(3)33-28-20)8-16(11)27-21(30)17-9-24-18-7-6-15(10-29(17)18)22-25-12(2)19(34-22)23(31)32;;;/h4-10H,1-3H3,(H2,24,31)(H,28,32);4-10H,1-3H3,(H,27,30)(H,31,32);2*1H4;1H3. The van der Waals surface area contributed by atoms with Gasteiger partial charge in [0.1, 0.15) is 42.5 Å². The highest BCUT2D eigenvalue weighted by Gasteiger charge is 2.21. The maximum atomic E-state index is 13.2. The van der Waals surface area contributed by atoms with E-state index in [0.29, 0.717) is 94.9 Å². The number of aromatic carboxylic acids is 1. The van der Waals surface area contributed by atoms with E-state index < -0.39 is 11.9 Å². The van der Waals surface area contributed by atoms with Gasteiger partial charge in [-0.2, -0.15) is 9.97 Å². The van der Waals surface area contributed by atoms with E-state index in [0.717, 1.165) is 33.6 Å². The van der Waals surface area contributed by atoms with Crippen molar-refractivity contribution < 1.29 is 33.3 Å². The molecule has 0 spiro atoms. The molecule has 0 fully saturated rings. The van der Waals surface area contributed by atoms with Crippen molar-refractivity contribution in [3.8, 4) is 43.9 Å². The van der Waals surface area contributed by atoms with Crippen LogP contribution in [-0.2, 0) is 0 Å². The number of imidazole rings is 2. The number of amides is 3. The lowest BCUT2D eigenvalue weighted by Crippen LogP contribution is -2.15. The minimum atomic E-state index is -1.02. The van der Waals surface area contributed by atoms with E-state index in [-0.39, 0.29) is 37.7 Å². The Kier molecular flexibility index (Phi) is 15.1. The molecule has 0 aliphatic carbocycles. The van der Waals surface area contributed by atoms with Gasteiger partial charge in [-0.1, -0.05) is 49.4 Å². The van der Waals surface area contributed by atoms with Crippen LogP contribution in [-0.4, -0.2) is 77.8 Å². The number of hydrogen-bond donors (Lipinski definition) is 5. The minimum Gasteiger partial charge on any atom is -0.477 e. The van der Waals surface area contributed by atoms with Crippen LogP contribution in [0.25, 0.3) is 55.2 Å². The van der Waals surface area contributed by atoms with Crippen LogP contribution in [0, 0.1) is 41.5 Å². The number of hydrogen-bond acceptors (Lipinski definition) is 17. The average molecular weight is 997 g/mol. The third kappa shape index (κ3) is 10.5. The van der Waals surface area contributed by atoms with Gasteiger partial charge in [0.2, 0.25) is 23.4 Å². The van der Waals surface area contributed by atoms with E-state index in [1.165, 1.54) is 23.7 Å². The maximum absolute atomic E-state index is 13.2. The van der Waals surface area contributed by atoms with Crippen LogP contribution >= 0.6 is 22.7 Å². The molecule has 2 aromatic carbocycles. The maximum Gasteiger partial charge on any atom is 0.347 e. The van der Waals surface area contributed by atoms with E-state index in [9.17, 15) is 24.3 Å². The number of benzene rings is 2. The van der Waals surface area contributed by atoms with E-state index in [1.807, 2.05) is 44.2 Å². The fraction of sp³-hybridized carbons (Fsp3) is 0.167. The molecule has 10 rings (SSSR count). The number of fused-ring (bicyclic) bond motifs is 2. The predicted octanol–water partition coefficient (Wildman–Crippen LogP) is 9.60. The van der Waals surface area contributed by atoms with Crippen molar-refractivity contribution in [3.63, 3.8) is 0 Å². The Bertz CT molecular complexity index is 3400. The first-order valence-corrected chi connectivity index (χ1v) is 22.1. The number of carbonyl (C=O) groups excluding carboxylic acids is 3. The summed E-state index contributed by atoms with van der Waals surface area (Å²) in [6.45, 7) is 10.6. The summed E-state index contributed by atoms with van der Waals surface area (Å²) < 4.78 is 13.5. The number of carboxylic acid groups (broad SMARTS) is 1. The summed E-state index contributed by atoms with van der Waals surface area (Å²) >= 11 is 2.30. The highest BCUT2D eigenvalue weighted by molar-refractivity contribution is 7.17. The number of nitrogens with zero attached hydrogens (tertiary/aromatic N) is 10. The second-order valence-electron chi connectivity index (χ2n) is 15.4. The first-order valence-electron chi connectivity index (χ1n) is 20.5. The summed E-state index contributed by atoms with van der Waals surface area (Å²) in [6, 6.07) is 18.3. The first kappa shape index (κ1) is 51.6. The molecule has 3 amide bonds. The molecule has 0 saturated carbocycles. The molecular weight excluding hydrogens is 949 g/mol. The Morgan fingerprint density at radius 2 is 1.00 bits per heavy atom. The van der Waals surface area contributed by atoms with Gasteiger partial charge < -0.3 is 36.7 Å². The Hall–Kier alpha value is -8.80. The zero-order valence-electron chi connectivity index (χ0n) is 37.6. The molecule has 0 saturated heterocycles. The highest BCUT2D eigenvalue weighted by atomic mass is 32.1. The molecule has 71 heavy (non-hydrogen) atoms. The van der Waals surface area contributed by atoms with Crippen LogP contribution in [0.1, 0.15) is 89.5 Å². The summed E-state index contributed by atoms with van der Waals surface area (Å²) in [4.78, 5) is 75.9. The molecule has 0 unspecified atom stereocenters. The second kappa shape index (κ2) is 20.8. The number of nitrogens with one attached hydrogen (secondary N) is 2. The zero-order chi connectivity index (χ0) is 48.0. The Morgan fingerprint density at radius 1 is 0.592 bits per heavy atom. The molecule has 0 aliphatic rings. The third-order valence-electron chi connectivity index (χ3n) is 10.5. The normalized spacial score (nSPS) is 10.7. The molecule has 8 heterocycles. The first-order chi connectivity index (χ1) is 32.6. The number of aryl methyl sites for hydroxylation is 6. The van der Waals surface area contributed by atoms with Crippen molar-refractivity contribution in [2.75, 3.05) is 10.6 Å². The number of carboxylic acids is 1. The minimum absolute atomic E-state index is 0. The van der Waals surface area contributed by atoms with Crippen LogP contribution in [0.5, 0.6) is 0 Å². The Morgan fingerprint density at radius 3 is 1.37 bits per heavy atom. The van der Waals surface area contributed by atoms with Crippen molar-refractivity contribution in [2.45, 2.75) is 56.4 Å². The van der Waals surface area contributed by atoms with Gasteiger partial charge in [0, 0.05) is 59.9 Å². The molecule has 0 atom stereocenters. The molecule has 21 nitrogen and oxygen atoms in total. The van der Waals surface area contributed by atoms with Crippen molar-refractivity contribution in [2.24, 2.45) is 5.73 Å². The van der Waals surface area contributed by atoms with E-state index in [1.54, 1.807) is 79.2 Å². The van der Waals surface area contributed by atoms with Gasteiger partial charge in [-0.25, -0.2) is 24.7 Å². The number of pyridine rings is 2. The largest absolute Gasteiger partial charge is 0.477 e. The van der Waals surface area contributed by atoms with Gasteiger partial charge in [0.25, 0.3) is 17.7 Å². The van der Waals surface area contributed by atoms with Crippen molar-refractivity contribution in [1.29, 1.82) is 0 Å². The van der Waals surface area contributed by atoms with Crippen LogP contribution in [0.2, 0.25) is 0 Å². The number of nitrogens with two attached hydrogens (primary N) is 1. The number of anilines is 2. The molecular formula is C48H48N14O7S2.